The molecule has 0 bridgehead atoms. The second kappa shape index (κ2) is 5.58. The van der Waals surface area contributed by atoms with E-state index in [1.807, 2.05) is 0 Å². The SMILES string of the molecule is COC(=O)c1ccc(-n2cccc2C=O)c([N+](=O)[O-])c1C. The first-order valence-corrected chi connectivity index (χ1v) is 6.00. The van der Waals surface area contributed by atoms with E-state index in [9.17, 15) is 19.7 Å². The van der Waals surface area contributed by atoms with E-state index in [0.717, 1.165) is 0 Å². The Labute approximate surface area is 119 Å². The summed E-state index contributed by atoms with van der Waals surface area (Å²) in [6.45, 7) is 1.47. The molecule has 0 atom stereocenters. The minimum absolute atomic E-state index is 0.118. The van der Waals surface area contributed by atoms with Crippen molar-refractivity contribution < 1.29 is 19.2 Å². The van der Waals surface area contributed by atoms with Gasteiger partial charge in [-0.15, -0.1) is 0 Å². The van der Waals surface area contributed by atoms with Gasteiger partial charge in [0.15, 0.2) is 6.29 Å². The molecule has 0 fully saturated rings. The molecule has 1 aromatic carbocycles. The molecule has 1 aromatic heterocycles. The van der Waals surface area contributed by atoms with Gasteiger partial charge in [-0.2, -0.15) is 0 Å². The van der Waals surface area contributed by atoms with Gasteiger partial charge in [-0.3, -0.25) is 14.9 Å². The first-order valence-electron chi connectivity index (χ1n) is 6.00. The maximum Gasteiger partial charge on any atom is 0.338 e. The molecule has 21 heavy (non-hydrogen) atoms. The molecule has 0 radical (unpaired) electrons. The van der Waals surface area contributed by atoms with Crippen molar-refractivity contribution in [2.24, 2.45) is 0 Å². The molecular formula is C14H12N2O5. The molecule has 0 unspecified atom stereocenters. The minimum atomic E-state index is -0.648. The van der Waals surface area contributed by atoms with Gasteiger partial charge in [0, 0.05) is 11.8 Å². The first kappa shape index (κ1) is 14.4. The van der Waals surface area contributed by atoms with E-state index in [2.05, 4.69) is 4.74 Å². The Morgan fingerprint density at radius 2 is 2.10 bits per heavy atom. The Bertz CT molecular complexity index is 733. The lowest BCUT2D eigenvalue weighted by atomic mass is 10.0. The lowest BCUT2D eigenvalue weighted by molar-refractivity contribution is -0.385. The van der Waals surface area contributed by atoms with Crippen molar-refractivity contribution in [1.82, 2.24) is 4.57 Å². The highest BCUT2D eigenvalue weighted by molar-refractivity contribution is 5.93. The predicted octanol–water partition coefficient (Wildman–Crippen LogP) is 2.29. The second-order valence-corrected chi connectivity index (χ2v) is 4.28. The van der Waals surface area contributed by atoms with Gasteiger partial charge >= 0.3 is 5.97 Å². The van der Waals surface area contributed by atoms with E-state index in [4.69, 9.17) is 0 Å². The average molecular weight is 288 g/mol. The Balaban J connectivity index is 2.74. The minimum Gasteiger partial charge on any atom is -0.465 e. The third-order valence-electron chi connectivity index (χ3n) is 3.16. The van der Waals surface area contributed by atoms with Crippen molar-refractivity contribution in [3.8, 4) is 5.69 Å². The van der Waals surface area contributed by atoms with Crippen molar-refractivity contribution in [3.63, 3.8) is 0 Å². The van der Waals surface area contributed by atoms with Gasteiger partial charge in [0.1, 0.15) is 5.69 Å². The number of nitro benzene ring substituents is 1. The molecule has 0 aliphatic carbocycles. The highest BCUT2D eigenvalue weighted by Crippen LogP contribution is 2.30. The number of aromatic nitrogens is 1. The van der Waals surface area contributed by atoms with Gasteiger partial charge in [-0.25, -0.2) is 4.79 Å². The number of hydrogen-bond acceptors (Lipinski definition) is 5. The second-order valence-electron chi connectivity index (χ2n) is 4.28. The molecule has 0 aliphatic heterocycles. The van der Waals surface area contributed by atoms with Crippen LogP contribution >= 0.6 is 0 Å². The van der Waals surface area contributed by atoms with Crippen LogP contribution in [-0.4, -0.2) is 28.9 Å². The number of aldehydes is 1. The number of nitrogens with zero attached hydrogens (tertiary/aromatic N) is 2. The molecular weight excluding hydrogens is 276 g/mol. The zero-order valence-corrected chi connectivity index (χ0v) is 11.4. The standard InChI is InChI=1S/C14H12N2O5/c1-9-11(14(18)21-2)5-6-12(13(9)16(19)20)15-7-3-4-10(15)8-17/h3-8H,1-2H3. The van der Waals surface area contributed by atoms with E-state index in [-0.39, 0.29) is 28.2 Å². The van der Waals surface area contributed by atoms with E-state index in [1.54, 1.807) is 18.3 Å². The molecule has 0 spiro atoms. The topological polar surface area (TPSA) is 91.4 Å². The van der Waals surface area contributed by atoms with Crippen molar-refractivity contribution >= 4 is 17.9 Å². The highest BCUT2D eigenvalue weighted by atomic mass is 16.6. The molecule has 7 nitrogen and oxygen atoms in total. The molecule has 7 heteroatoms. The zero-order valence-electron chi connectivity index (χ0n) is 11.4. The van der Waals surface area contributed by atoms with Gasteiger partial charge in [-0.1, -0.05) is 0 Å². The van der Waals surface area contributed by atoms with Gasteiger partial charge < -0.3 is 9.30 Å². The number of rotatable bonds is 4. The largest absolute Gasteiger partial charge is 0.465 e. The van der Waals surface area contributed by atoms with Crippen LogP contribution in [0.15, 0.2) is 30.5 Å². The summed E-state index contributed by atoms with van der Waals surface area (Å²) in [5, 5.41) is 11.4. The third-order valence-corrected chi connectivity index (χ3v) is 3.16. The number of ether oxygens (including phenoxy) is 1. The number of carbonyl (C=O) groups is 2. The molecule has 0 saturated heterocycles. The van der Waals surface area contributed by atoms with Crippen molar-refractivity contribution in [2.45, 2.75) is 6.92 Å². The molecule has 0 aliphatic rings. The number of hydrogen-bond donors (Lipinski definition) is 0. The molecule has 2 aromatic rings. The molecule has 108 valence electrons. The van der Waals surface area contributed by atoms with E-state index in [0.29, 0.717) is 6.29 Å². The summed E-state index contributed by atoms with van der Waals surface area (Å²) in [7, 11) is 1.21. The Hall–Kier alpha value is -2.96. The first-order chi connectivity index (χ1) is 10.0. The summed E-state index contributed by atoms with van der Waals surface area (Å²) in [6, 6.07) is 6.01. The molecule has 0 saturated carbocycles. The third kappa shape index (κ3) is 2.40. The van der Waals surface area contributed by atoms with Crippen LogP contribution in [0.1, 0.15) is 26.4 Å². The van der Waals surface area contributed by atoms with Crippen molar-refractivity contribution in [1.29, 1.82) is 0 Å². The number of carbonyl (C=O) groups excluding carboxylic acids is 2. The Kier molecular flexibility index (Phi) is 3.84. The molecule has 1 heterocycles. The quantitative estimate of drug-likeness (QED) is 0.372. The summed E-state index contributed by atoms with van der Waals surface area (Å²) in [6.07, 6.45) is 2.15. The number of methoxy groups -OCH3 is 1. The van der Waals surface area contributed by atoms with Gasteiger partial charge in [-0.05, 0) is 31.2 Å². The summed E-state index contributed by atoms with van der Waals surface area (Å²) in [5.41, 5.74) is 0.570. The van der Waals surface area contributed by atoms with Crippen LogP contribution in [0.25, 0.3) is 5.69 Å². The monoisotopic (exact) mass is 288 g/mol. The van der Waals surface area contributed by atoms with E-state index < -0.39 is 10.9 Å². The number of benzene rings is 1. The van der Waals surface area contributed by atoms with Crippen LogP contribution in [0.5, 0.6) is 0 Å². The van der Waals surface area contributed by atoms with Gasteiger partial charge in [0.2, 0.25) is 0 Å². The van der Waals surface area contributed by atoms with Crippen LogP contribution in [0.4, 0.5) is 5.69 Å². The highest BCUT2D eigenvalue weighted by Gasteiger charge is 2.25. The van der Waals surface area contributed by atoms with Gasteiger partial charge in [0.25, 0.3) is 5.69 Å². The van der Waals surface area contributed by atoms with Crippen LogP contribution in [-0.2, 0) is 4.74 Å². The fourth-order valence-corrected chi connectivity index (χ4v) is 2.15. The lowest BCUT2D eigenvalue weighted by Crippen LogP contribution is -2.09. The van der Waals surface area contributed by atoms with E-state index in [1.165, 1.54) is 30.7 Å². The predicted molar refractivity (Wildman–Crippen MR) is 73.9 cm³/mol. The van der Waals surface area contributed by atoms with E-state index >= 15 is 0 Å². The van der Waals surface area contributed by atoms with Gasteiger partial charge in [0.05, 0.1) is 23.3 Å². The van der Waals surface area contributed by atoms with Crippen LogP contribution in [0.2, 0.25) is 0 Å². The average Bonchev–Trinajstić information content (AvgIpc) is 2.93. The Morgan fingerprint density at radius 3 is 2.67 bits per heavy atom. The number of esters is 1. The number of nitro groups is 1. The fourth-order valence-electron chi connectivity index (χ4n) is 2.15. The smallest absolute Gasteiger partial charge is 0.338 e. The lowest BCUT2D eigenvalue weighted by Gasteiger charge is -2.11. The molecule has 0 N–H and O–H groups in total. The zero-order chi connectivity index (χ0) is 15.6. The molecule has 2 rings (SSSR count). The molecule has 0 amide bonds. The van der Waals surface area contributed by atoms with Crippen molar-refractivity contribution in [2.75, 3.05) is 7.11 Å². The van der Waals surface area contributed by atoms with Crippen LogP contribution in [0, 0.1) is 17.0 Å². The normalized spacial score (nSPS) is 10.2. The summed E-state index contributed by atoms with van der Waals surface area (Å²) >= 11 is 0. The summed E-state index contributed by atoms with van der Waals surface area (Å²) in [4.78, 5) is 33.4. The maximum atomic E-state index is 11.6. The van der Waals surface area contributed by atoms with Crippen molar-refractivity contribution in [3.05, 3.63) is 57.4 Å². The van der Waals surface area contributed by atoms with Crippen LogP contribution < -0.4 is 0 Å². The Morgan fingerprint density at radius 1 is 1.38 bits per heavy atom. The fraction of sp³-hybridized carbons (Fsp3) is 0.143. The maximum absolute atomic E-state index is 11.6. The summed E-state index contributed by atoms with van der Waals surface area (Å²) < 4.78 is 6.00. The van der Waals surface area contributed by atoms with Crippen LogP contribution in [0.3, 0.4) is 0 Å². The summed E-state index contributed by atoms with van der Waals surface area (Å²) in [5.74, 6) is -0.648.